The van der Waals surface area contributed by atoms with Gasteiger partial charge in [0.2, 0.25) is 12.7 Å². The molecule has 4 N–H and O–H groups in total. The number of nitrogens with one attached hydrogen (secondary N) is 1. The van der Waals surface area contributed by atoms with Crippen molar-refractivity contribution in [1.82, 2.24) is 15.1 Å². The third-order valence-electron chi connectivity index (χ3n) is 9.91. The van der Waals surface area contributed by atoms with Gasteiger partial charge in [-0.25, -0.2) is 4.79 Å². The summed E-state index contributed by atoms with van der Waals surface area (Å²) in [7, 11) is 3.46. The number of likely N-dealkylation sites (N-methyl/N-ethyl adjacent to an activating group) is 1. The Labute approximate surface area is 288 Å². The molecule has 1 fully saturated rings. The second-order valence-corrected chi connectivity index (χ2v) is 14.2. The first kappa shape index (κ1) is 34.6. The van der Waals surface area contributed by atoms with E-state index in [2.05, 4.69) is 21.2 Å². The molecule has 0 aliphatic carbocycles. The highest BCUT2D eigenvalue weighted by Gasteiger charge is 2.60. The van der Waals surface area contributed by atoms with Gasteiger partial charge in [-0.05, 0) is 51.1 Å². The SMILES string of the molecule is CCS[C@@H]1c2c(OC(C)=O)c(C)c3c(c2[C@H](COC(=O)NC(=O)C(C)N)N2C1[C@@H]1c4c(cc(C)c(OC)c4O)C[C@@H]([C@@H]2C#N)N1C)OCO3. The number of rotatable bonds is 7. The van der Waals surface area contributed by atoms with E-state index in [4.69, 9.17) is 29.4 Å². The molecule has 2 bridgehead atoms. The first-order valence-electron chi connectivity index (χ1n) is 16.1. The number of aromatic hydroxyl groups is 1. The Morgan fingerprint density at radius 1 is 1.20 bits per heavy atom. The average Bonchev–Trinajstić information content (AvgIpc) is 3.53. The number of amides is 2. The van der Waals surface area contributed by atoms with Crippen molar-refractivity contribution in [2.24, 2.45) is 5.73 Å². The maximum Gasteiger partial charge on any atom is 0.413 e. The number of ether oxygens (including phenoxy) is 5. The van der Waals surface area contributed by atoms with Gasteiger partial charge in [-0.1, -0.05) is 13.0 Å². The number of hydrogen-bond donors (Lipinski definition) is 3. The Hall–Kier alpha value is -4.23. The predicted octanol–water partition coefficient (Wildman–Crippen LogP) is 3.29. The molecule has 0 aromatic heterocycles. The predicted molar refractivity (Wildman–Crippen MR) is 178 cm³/mol. The quantitative estimate of drug-likeness (QED) is 0.283. The summed E-state index contributed by atoms with van der Waals surface area (Å²) in [6.07, 6.45) is -0.542. The van der Waals surface area contributed by atoms with Crippen molar-refractivity contribution in [2.75, 3.05) is 33.3 Å². The lowest BCUT2D eigenvalue weighted by molar-refractivity contribution is -0.132. The van der Waals surface area contributed by atoms with Crippen molar-refractivity contribution >= 4 is 29.7 Å². The molecule has 4 aliphatic heterocycles. The first-order chi connectivity index (χ1) is 23.4. The summed E-state index contributed by atoms with van der Waals surface area (Å²) in [5, 5.41) is 24.5. The molecular formula is C34H41N5O9S. The number of piperazine rings is 1. The van der Waals surface area contributed by atoms with Gasteiger partial charge in [-0.3, -0.25) is 24.7 Å². The number of fused-ring (bicyclic) bond motifs is 9. The van der Waals surface area contributed by atoms with Crippen LogP contribution in [0.5, 0.6) is 28.7 Å². The van der Waals surface area contributed by atoms with Crippen LogP contribution in [0.2, 0.25) is 0 Å². The van der Waals surface area contributed by atoms with E-state index < -0.39 is 53.4 Å². The number of thioether (sulfide) groups is 1. The van der Waals surface area contributed by atoms with Crippen molar-refractivity contribution < 1.29 is 43.2 Å². The second kappa shape index (κ2) is 13.2. The van der Waals surface area contributed by atoms with E-state index in [9.17, 15) is 24.8 Å². The third kappa shape index (κ3) is 5.51. The highest BCUT2D eigenvalue weighted by atomic mass is 32.2. The Bertz CT molecular complexity index is 1760. The van der Waals surface area contributed by atoms with E-state index in [0.29, 0.717) is 57.4 Å². The lowest BCUT2D eigenvalue weighted by Crippen LogP contribution is -2.69. The van der Waals surface area contributed by atoms with Crippen molar-refractivity contribution in [3.8, 4) is 34.8 Å². The molecule has 4 heterocycles. The zero-order chi connectivity index (χ0) is 35.5. The second-order valence-electron chi connectivity index (χ2n) is 12.7. The Kier molecular flexibility index (Phi) is 9.35. The molecule has 4 aliphatic rings. The van der Waals surface area contributed by atoms with Crippen LogP contribution in [0.25, 0.3) is 0 Å². The fourth-order valence-electron chi connectivity index (χ4n) is 8.02. The molecule has 2 aromatic rings. The van der Waals surface area contributed by atoms with E-state index >= 15 is 0 Å². The number of nitriles is 1. The minimum Gasteiger partial charge on any atom is -0.504 e. The third-order valence-corrected chi connectivity index (χ3v) is 11.1. The normalized spacial score (nSPS) is 25.6. The number of benzene rings is 2. The summed E-state index contributed by atoms with van der Waals surface area (Å²) < 4.78 is 29.4. The van der Waals surface area contributed by atoms with Crippen LogP contribution in [-0.4, -0.2) is 90.4 Å². The molecule has 49 heavy (non-hydrogen) atoms. The highest BCUT2D eigenvalue weighted by molar-refractivity contribution is 7.99. The van der Waals surface area contributed by atoms with Gasteiger partial charge in [0.05, 0.1) is 36.6 Å². The van der Waals surface area contributed by atoms with Crippen LogP contribution in [0, 0.1) is 25.2 Å². The number of alkyl carbamates (subject to hydrolysis) is 1. The lowest BCUT2D eigenvalue weighted by Gasteiger charge is -2.61. The number of carbonyl (C=O) groups is 3. The largest absolute Gasteiger partial charge is 0.504 e. The number of nitrogens with zero attached hydrogens (tertiary/aromatic N) is 3. The molecule has 2 aromatic carbocycles. The molecule has 1 saturated heterocycles. The van der Waals surface area contributed by atoms with Gasteiger partial charge < -0.3 is 34.5 Å². The number of esters is 1. The minimum absolute atomic E-state index is 0.0258. The first-order valence-corrected chi connectivity index (χ1v) is 17.2. The highest BCUT2D eigenvalue weighted by Crippen LogP contribution is 2.63. The van der Waals surface area contributed by atoms with Crippen LogP contribution in [0.4, 0.5) is 4.79 Å². The fourth-order valence-corrected chi connectivity index (χ4v) is 9.27. The van der Waals surface area contributed by atoms with Gasteiger partial charge in [-0.15, -0.1) is 0 Å². The maximum absolute atomic E-state index is 13.0. The number of hydrogen-bond acceptors (Lipinski definition) is 14. The summed E-state index contributed by atoms with van der Waals surface area (Å²) in [4.78, 5) is 42.1. The van der Waals surface area contributed by atoms with Crippen LogP contribution < -0.4 is 30.0 Å². The minimum atomic E-state index is -1.00. The topological polar surface area (TPSA) is 186 Å². The average molecular weight is 696 g/mol. The van der Waals surface area contributed by atoms with Crippen LogP contribution in [0.3, 0.4) is 0 Å². The van der Waals surface area contributed by atoms with E-state index in [0.717, 1.165) is 11.1 Å². The van der Waals surface area contributed by atoms with Crippen molar-refractivity contribution in [3.05, 3.63) is 39.4 Å². The number of phenolic OH excluding ortho intramolecular Hbond substituents is 1. The van der Waals surface area contributed by atoms with Gasteiger partial charge in [0, 0.05) is 41.3 Å². The molecule has 262 valence electrons. The molecule has 14 nitrogen and oxygen atoms in total. The summed E-state index contributed by atoms with van der Waals surface area (Å²) >= 11 is 1.61. The van der Waals surface area contributed by atoms with Gasteiger partial charge in [0.25, 0.3) is 0 Å². The number of methoxy groups -OCH3 is 1. The van der Waals surface area contributed by atoms with Crippen LogP contribution in [0.15, 0.2) is 6.07 Å². The van der Waals surface area contributed by atoms with Gasteiger partial charge in [-0.2, -0.15) is 17.0 Å². The monoisotopic (exact) mass is 695 g/mol. The number of aryl methyl sites for hydroxylation is 1. The molecule has 7 atom stereocenters. The summed E-state index contributed by atoms with van der Waals surface area (Å²) in [6, 6.07) is 0.745. The summed E-state index contributed by atoms with van der Waals surface area (Å²) in [6.45, 7) is 8.06. The van der Waals surface area contributed by atoms with E-state index in [1.165, 1.54) is 21.0 Å². The molecule has 0 saturated carbocycles. The molecule has 2 unspecified atom stereocenters. The Balaban J connectivity index is 1.63. The van der Waals surface area contributed by atoms with Crippen molar-refractivity contribution in [2.45, 2.75) is 82.5 Å². The number of phenols is 1. The molecule has 0 spiro atoms. The molecule has 2 amide bonds. The Morgan fingerprint density at radius 3 is 2.55 bits per heavy atom. The van der Waals surface area contributed by atoms with Crippen LogP contribution >= 0.6 is 11.8 Å². The van der Waals surface area contributed by atoms with Crippen LogP contribution in [-0.2, 0) is 20.7 Å². The van der Waals surface area contributed by atoms with E-state index in [-0.39, 0.29) is 25.2 Å². The van der Waals surface area contributed by atoms with Crippen molar-refractivity contribution in [3.63, 3.8) is 0 Å². The fraction of sp³-hybridized carbons (Fsp3) is 0.529. The smallest absolute Gasteiger partial charge is 0.413 e. The van der Waals surface area contributed by atoms with Gasteiger partial charge >= 0.3 is 12.1 Å². The molecule has 15 heteroatoms. The summed E-state index contributed by atoms with van der Waals surface area (Å²) in [5.41, 5.74) is 9.82. The van der Waals surface area contributed by atoms with Crippen LogP contribution in [0.1, 0.15) is 71.5 Å². The number of carbonyl (C=O) groups excluding carboxylic acids is 3. The standard InChI is InChI=1S/C34H41N5O9S/c1-8-49-32-24-23(31-30(46-13-47-31)15(3)29(24)48-17(5)40)21(12-45-34(43)37-33(42)16(4)36)39-20(11-35)19-10-18-9-14(2)28(44-7)27(41)22(18)25(26(32)39)38(19)6/h9,16,19-21,25-26,32,41H,8,10,12-13,36H2,1-7H3,(H,37,42,43)/t16?,19-,20-,21-,25-,26?,32+/m0/s1. The number of imide groups is 1. The zero-order valence-electron chi connectivity index (χ0n) is 28.5. The molecule has 0 radical (unpaired) electrons. The Morgan fingerprint density at radius 2 is 1.92 bits per heavy atom. The number of nitrogens with two attached hydrogens (primary N) is 1. The van der Waals surface area contributed by atoms with E-state index in [1.54, 1.807) is 18.7 Å². The summed E-state index contributed by atoms with van der Waals surface area (Å²) in [5.74, 6) is 0.897. The van der Waals surface area contributed by atoms with Crippen molar-refractivity contribution in [1.29, 1.82) is 5.26 Å². The van der Waals surface area contributed by atoms with Gasteiger partial charge in [0.15, 0.2) is 23.0 Å². The lowest BCUT2D eigenvalue weighted by atomic mass is 9.71. The zero-order valence-corrected chi connectivity index (χ0v) is 29.3. The van der Waals surface area contributed by atoms with E-state index in [1.807, 2.05) is 27.0 Å². The molecule has 6 rings (SSSR count). The van der Waals surface area contributed by atoms with Gasteiger partial charge in [0.1, 0.15) is 18.4 Å². The maximum atomic E-state index is 13.0. The molecular weight excluding hydrogens is 654 g/mol.